The van der Waals surface area contributed by atoms with Gasteiger partial charge in [0.2, 0.25) is 0 Å². The lowest BCUT2D eigenvalue weighted by molar-refractivity contribution is -0.146. The van der Waals surface area contributed by atoms with Crippen LogP contribution in [-0.4, -0.2) is 26.7 Å². The number of aryl methyl sites for hydroxylation is 2. The smallest absolute Gasteiger partial charge is 0.309 e. The number of hydrogen-bond acceptors (Lipinski definition) is 4. The molecule has 0 bridgehead atoms. The van der Waals surface area contributed by atoms with Crippen LogP contribution in [0.1, 0.15) is 25.0 Å². The predicted octanol–water partition coefficient (Wildman–Crippen LogP) is 2.28. The second kappa shape index (κ2) is 6.19. The number of hydrogen-bond donors (Lipinski definition) is 0. The monoisotopic (exact) mass is 284 g/mol. The molecular weight excluding hydrogens is 264 g/mol. The zero-order chi connectivity index (χ0) is 14.6. The van der Waals surface area contributed by atoms with Gasteiger partial charge in [0, 0.05) is 0 Å². The molecule has 0 aliphatic rings. The summed E-state index contributed by atoms with van der Waals surface area (Å²) in [4.78, 5) is 11.8. The molecule has 4 nitrogen and oxygen atoms in total. The third-order valence-electron chi connectivity index (χ3n) is 2.84. The Kier molecular flexibility index (Phi) is 5.11. The molecule has 0 N–H and O–H groups in total. The SMILES string of the molecule is CCOC(=O)C(C)CS(=O)(=O)c1cc(C)ccc1C. The van der Waals surface area contributed by atoms with E-state index in [-0.39, 0.29) is 12.4 Å². The zero-order valence-electron chi connectivity index (χ0n) is 11.8. The molecular formula is C14H20O4S. The fourth-order valence-corrected chi connectivity index (χ4v) is 3.71. The van der Waals surface area contributed by atoms with Gasteiger partial charge in [-0.2, -0.15) is 0 Å². The minimum Gasteiger partial charge on any atom is -0.466 e. The van der Waals surface area contributed by atoms with Crippen molar-refractivity contribution in [3.63, 3.8) is 0 Å². The molecule has 1 aromatic rings. The first kappa shape index (κ1) is 15.7. The molecule has 0 aromatic heterocycles. The average molecular weight is 284 g/mol. The second-order valence-electron chi connectivity index (χ2n) is 4.70. The first-order valence-corrected chi connectivity index (χ1v) is 7.89. The van der Waals surface area contributed by atoms with Crippen LogP contribution in [0, 0.1) is 19.8 Å². The summed E-state index contributed by atoms with van der Waals surface area (Å²) in [5.41, 5.74) is 1.58. The van der Waals surface area contributed by atoms with Gasteiger partial charge in [-0.15, -0.1) is 0 Å². The van der Waals surface area contributed by atoms with Crippen molar-refractivity contribution < 1.29 is 17.9 Å². The third-order valence-corrected chi connectivity index (χ3v) is 4.89. The van der Waals surface area contributed by atoms with Gasteiger partial charge < -0.3 is 4.74 Å². The molecule has 0 spiro atoms. The van der Waals surface area contributed by atoms with E-state index in [9.17, 15) is 13.2 Å². The van der Waals surface area contributed by atoms with E-state index in [0.29, 0.717) is 10.5 Å². The van der Waals surface area contributed by atoms with Crippen LogP contribution in [0.2, 0.25) is 0 Å². The van der Waals surface area contributed by atoms with E-state index in [4.69, 9.17) is 4.74 Å². The van der Waals surface area contributed by atoms with Crippen molar-refractivity contribution in [1.82, 2.24) is 0 Å². The van der Waals surface area contributed by atoms with Crippen molar-refractivity contribution in [2.75, 3.05) is 12.4 Å². The Morgan fingerprint density at radius 1 is 1.32 bits per heavy atom. The van der Waals surface area contributed by atoms with Crippen molar-refractivity contribution in [3.8, 4) is 0 Å². The summed E-state index contributed by atoms with van der Waals surface area (Å²) < 4.78 is 29.5. The molecule has 0 fully saturated rings. The zero-order valence-corrected chi connectivity index (χ0v) is 12.6. The van der Waals surface area contributed by atoms with E-state index in [1.807, 2.05) is 13.0 Å². The molecule has 106 valence electrons. The largest absolute Gasteiger partial charge is 0.466 e. The highest BCUT2D eigenvalue weighted by atomic mass is 32.2. The van der Waals surface area contributed by atoms with Crippen LogP contribution in [-0.2, 0) is 19.4 Å². The molecule has 1 atom stereocenters. The van der Waals surface area contributed by atoms with Gasteiger partial charge in [0.25, 0.3) is 0 Å². The van der Waals surface area contributed by atoms with Crippen LogP contribution in [0.4, 0.5) is 0 Å². The molecule has 5 heteroatoms. The van der Waals surface area contributed by atoms with Crippen LogP contribution in [0.3, 0.4) is 0 Å². The van der Waals surface area contributed by atoms with Gasteiger partial charge >= 0.3 is 5.97 Å². The lowest BCUT2D eigenvalue weighted by Crippen LogP contribution is -2.24. The maximum absolute atomic E-state index is 12.3. The quantitative estimate of drug-likeness (QED) is 0.778. The fourth-order valence-electron chi connectivity index (χ4n) is 1.81. The van der Waals surface area contributed by atoms with Crippen molar-refractivity contribution >= 4 is 15.8 Å². The molecule has 1 rings (SSSR count). The second-order valence-corrected chi connectivity index (χ2v) is 6.71. The molecule has 0 heterocycles. The summed E-state index contributed by atoms with van der Waals surface area (Å²) >= 11 is 0. The van der Waals surface area contributed by atoms with Crippen molar-refractivity contribution in [2.45, 2.75) is 32.6 Å². The van der Waals surface area contributed by atoms with Gasteiger partial charge in [-0.25, -0.2) is 8.42 Å². The summed E-state index contributed by atoms with van der Waals surface area (Å²) in [5, 5.41) is 0. The van der Waals surface area contributed by atoms with Gasteiger partial charge in [0.15, 0.2) is 9.84 Å². The van der Waals surface area contributed by atoms with Crippen molar-refractivity contribution in [3.05, 3.63) is 29.3 Å². The maximum Gasteiger partial charge on any atom is 0.309 e. The number of benzene rings is 1. The Labute approximate surface area is 114 Å². The van der Waals surface area contributed by atoms with Gasteiger partial charge in [0.05, 0.1) is 23.2 Å². The highest BCUT2D eigenvalue weighted by molar-refractivity contribution is 7.91. The Bertz CT molecular complexity index is 561. The highest BCUT2D eigenvalue weighted by Crippen LogP contribution is 2.20. The van der Waals surface area contributed by atoms with Crippen LogP contribution >= 0.6 is 0 Å². The Balaban J connectivity index is 2.99. The Hall–Kier alpha value is -1.36. The summed E-state index contributed by atoms with van der Waals surface area (Å²) in [6.07, 6.45) is 0. The molecule has 0 amide bonds. The predicted molar refractivity (Wildman–Crippen MR) is 73.8 cm³/mol. The van der Waals surface area contributed by atoms with Crippen LogP contribution in [0.25, 0.3) is 0 Å². The van der Waals surface area contributed by atoms with E-state index in [1.54, 1.807) is 32.9 Å². The fraction of sp³-hybridized carbons (Fsp3) is 0.500. The minimum atomic E-state index is -3.48. The number of rotatable bonds is 5. The molecule has 0 aliphatic carbocycles. The van der Waals surface area contributed by atoms with E-state index >= 15 is 0 Å². The van der Waals surface area contributed by atoms with E-state index in [0.717, 1.165) is 5.56 Å². The molecule has 0 saturated carbocycles. The number of carbonyl (C=O) groups is 1. The molecule has 1 unspecified atom stereocenters. The normalized spacial score (nSPS) is 13.1. The third kappa shape index (κ3) is 4.06. The number of ether oxygens (including phenoxy) is 1. The molecule has 0 aliphatic heterocycles. The minimum absolute atomic E-state index is 0.226. The van der Waals surface area contributed by atoms with Gasteiger partial charge in [0.1, 0.15) is 0 Å². The standard InChI is InChI=1S/C14H20O4S/c1-5-18-14(15)12(4)9-19(16,17)13-8-10(2)6-7-11(13)3/h6-8,12H,5,9H2,1-4H3. The molecule has 1 aromatic carbocycles. The van der Waals surface area contributed by atoms with Crippen molar-refractivity contribution in [2.24, 2.45) is 5.92 Å². The summed E-state index contributed by atoms with van der Waals surface area (Å²) in [6, 6.07) is 5.28. The first-order valence-electron chi connectivity index (χ1n) is 6.24. The van der Waals surface area contributed by atoms with Crippen LogP contribution in [0.15, 0.2) is 23.1 Å². The number of carbonyl (C=O) groups excluding carboxylic acids is 1. The Morgan fingerprint density at radius 2 is 1.95 bits per heavy atom. The van der Waals surface area contributed by atoms with Gasteiger partial charge in [-0.1, -0.05) is 19.1 Å². The maximum atomic E-state index is 12.3. The highest BCUT2D eigenvalue weighted by Gasteiger charge is 2.25. The van der Waals surface area contributed by atoms with Gasteiger partial charge in [-0.3, -0.25) is 4.79 Å². The summed E-state index contributed by atoms with van der Waals surface area (Å²) in [6.45, 7) is 7.12. The van der Waals surface area contributed by atoms with Crippen LogP contribution < -0.4 is 0 Å². The van der Waals surface area contributed by atoms with Crippen molar-refractivity contribution in [1.29, 1.82) is 0 Å². The lowest BCUT2D eigenvalue weighted by atomic mass is 10.2. The molecule has 0 radical (unpaired) electrons. The van der Waals surface area contributed by atoms with Gasteiger partial charge in [-0.05, 0) is 38.0 Å². The number of sulfone groups is 1. The van der Waals surface area contributed by atoms with E-state index in [1.165, 1.54) is 0 Å². The van der Waals surface area contributed by atoms with E-state index in [2.05, 4.69) is 0 Å². The number of esters is 1. The van der Waals surface area contributed by atoms with Crippen LogP contribution in [0.5, 0.6) is 0 Å². The first-order chi connectivity index (χ1) is 8.77. The summed E-state index contributed by atoms with van der Waals surface area (Å²) in [7, 11) is -3.48. The summed E-state index contributed by atoms with van der Waals surface area (Å²) in [5.74, 6) is -1.36. The molecule has 0 saturated heterocycles. The van der Waals surface area contributed by atoms with E-state index < -0.39 is 21.7 Å². The molecule has 19 heavy (non-hydrogen) atoms. The Morgan fingerprint density at radius 3 is 2.53 bits per heavy atom. The average Bonchev–Trinajstić information content (AvgIpc) is 2.31. The topological polar surface area (TPSA) is 60.4 Å². The lowest BCUT2D eigenvalue weighted by Gasteiger charge is -2.13.